The van der Waals surface area contributed by atoms with E-state index in [4.69, 9.17) is 0 Å². The van der Waals surface area contributed by atoms with Crippen LogP contribution in [0, 0.1) is 0 Å². The van der Waals surface area contributed by atoms with Crippen molar-refractivity contribution in [3.05, 3.63) is 105 Å². The molecule has 0 unspecified atom stereocenters. The van der Waals surface area contributed by atoms with Crippen molar-refractivity contribution in [2.24, 2.45) is 0 Å². The number of hydrogen-bond acceptors (Lipinski definition) is 0. The van der Waals surface area contributed by atoms with Gasteiger partial charge in [0.05, 0.1) is 0 Å². The number of hydrogen-bond donors (Lipinski definition) is 0. The van der Waals surface area contributed by atoms with Crippen molar-refractivity contribution in [1.82, 2.24) is 0 Å². The largest absolute Gasteiger partial charge is 0.0613 e. The van der Waals surface area contributed by atoms with Gasteiger partial charge in [0.2, 0.25) is 0 Å². The molecule has 3 rings (SSSR count). The van der Waals surface area contributed by atoms with Crippen molar-refractivity contribution < 1.29 is 0 Å². The van der Waals surface area contributed by atoms with Crippen LogP contribution in [0.3, 0.4) is 0 Å². The maximum atomic E-state index is 2.38. The lowest BCUT2D eigenvalue weighted by molar-refractivity contribution is 1.02. The average Bonchev–Trinajstić information content (AvgIpc) is 2.75. The zero-order valence-corrected chi connectivity index (χ0v) is 18.0. The normalized spacial score (nSPS) is 11.0. The van der Waals surface area contributed by atoms with Crippen LogP contribution >= 0.6 is 0 Å². The van der Waals surface area contributed by atoms with Gasteiger partial charge in [-0.15, -0.1) is 0 Å². The Labute approximate surface area is 171 Å². The van der Waals surface area contributed by atoms with Crippen LogP contribution < -0.4 is 0 Å². The van der Waals surface area contributed by atoms with Gasteiger partial charge in [0, 0.05) is 0 Å². The highest BCUT2D eigenvalue weighted by atomic mass is 14.1. The molecule has 0 aliphatic carbocycles. The molecule has 0 radical (unpaired) electrons. The van der Waals surface area contributed by atoms with Crippen LogP contribution in [0.5, 0.6) is 0 Å². The Bertz CT molecular complexity index is 823. The number of rotatable bonds is 8. The van der Waals surface area contributed by atoms with Gasteiger partial charge in [-0.2, -0.15) is 0 Å². The summed E-state index contributed by atoms with van der Waals surface area (Å²) in [5, 5.41) is 0. The predicted molar refractivity (Wildman–Crippen MR) is 122 cm³/mol. The van der Waals surface area contributed by atoms with E-state index < -0.39 is 0 Å². The average molecular weight is 371 g/mol. The summed E-state index contributed by atoms with van der Waals surface area (Å²) >= 11 is 0. The van der Waals surface area contributed by atoms with Crippen molar-refractivity contribution in [3.8, 4) is 0 Å². The van der Waals surface area contributed by atoms with Crippen LogP contribution in [0.4, 0.5) is 0 Å². The third kappa shape index (κ3) is 4.93. The minimum absolute atomic E-state index is 1.03. The molecule has 0 aromatic heterocycles. The van der Waals surface area contributed by atoms with Gasteiger partial charge in [0.25, 0.3) is 0 Å². The monoisotopic (exact) mass is 370 g/mol. The molecule has 0 aliphatic rings. The Hall–Kier alpha value is -2.34. The van der Waals surface area contributed by atoms with Crippen LogP contribution in [0.1, 0.15) is 72.2 Å². The summed E-state index contributed by atoms with van der Waals surface area (Å²) in [6.45, 7) is 8.98. The lowest BCUT2D eigenvalue weighted by Crippen LogP contribution is -1.98. The standard InChI is InChI=1S/C28H34/c1-5-21-13-15-27(25(7-3)17-21)19-23-9-11-24(12-10-23)20-28-16-14-22(6-2)18-26(28)8-4/h9-18H,5-8,19-20H2,1-4H3. The number of benzene rings is 3. The van der Waals surface area contributed by atoms with Gasteiger partial charge in [-0.25, -0.2) is 0 Å². The Kier molecular flexibility index (Phi) is 7.09. The van der Waals surface area contributed by atoms with E-state index in [2.05, 4.69) is 88.4 Å². The molecule has 0 bridgehead atoms. The zero-order chi connectivity index (χ0) is 19.9. The maximum Gasteiger partial charge on any atom is -0.00230 e. The van der Waals surface area contributed by atoms with Crippen LogP contribution in [0.25, 0.3) is 0 Å². The van der Waals surface area contributed by atoms with E-state index in [-0.39, 0.29) is 0 Å². The second-order valence-corrected chi connectivity index (χ2v) is 7.79. The van der Waals surface area contributed by atoms with E-state index in [9.17, 15) is 0 Å². The fourth-order valence-electron chi connectivity index (χ4n) is 4.02. The highest BCUT2D eigenvalue weighted by Crippen LogP contribution is 2.21. The number of aryl methyl sites for hydroxylation is 4. The Morgan fingerprint density at radius 1 is 0.393 bits per heavy atom. The lowest BCUT2D eigenvalue weighted by Gasteiger charge is -2.12. The molecule has 0 aliphatic heterocycles. The third-order valence-electron chi connectivity index (χ3n) is 5.93. The third-order valence-corrected chi connectivity index (χ3v) is 5.93. The van der Waals surface area contributed by atoms with E-state index in [0.29, 0.717) is 0 Å². The smallest absolute Gasteiger partial charge is 0.00230 e. The molecular formula is C28H34. The van der Waals surface area contributed by atoms with E-state index in [1.165, 1.54) is 44.5 Å². The van der Waals surface area contributed by atoms with Crippen molar-refractivity contribution in [2.75, 3.05) is 0 Å². The first-order valence-corrected chi connectivity index (χ1v) is 11.0. The van der Waals surface area contributed by atoms with Gasteiger partial charge in [-0.1, -0.05) is 88.4 Å². The predicted octanol–water partition coefficient (Wildman–Crippen LogP) is 7.12. The van der Waals surface area contributed by atoms with Crippen molar-refractivity contribution in [1.29, 1.82) is 0 Å². The highest BCUT2D eigenvalue weighted by molar-refractivity contribution is 5.39. The molecule has 0 saturated heterocycles. The zero-order valence-electron chi connectivity index (χ0n) is 18.0. The fourth-order valence-corrected chi connectivity index (χ4v) is 4.02. The topological polar surface area (TPSA) is 0 Å². The molecule has 0 saturated carbocycles. The second-order valence-electron chi connectivity index (χ2n) is 7.79. The van der Waals surface area contributed by atoms with Gasteiger partial charge in [-0.05, 0) is 83.0 Å². The molecule has 0 N–H and O–H groups in total. The summed E-state index contributed by atoms with van der Waals surface area (Å²) in [6, 6.07) is 23.3. The molecule has 0 heteroatoms. The maximum absolute atomic E-state index is 2.38. The van der Waals surface area contributed by atoms with Crippen LogP contribution in [0.2, 0.25) is 0 Å². The van der Waals surface area contributed by atoms with Crippen LogP contribution in [-0.4, -0.2) is 0 Å². The van der Waals surface area contributed by atoms with E-state index in [0.717, 1.165) is 38.5 Å². The van der Waals surface area contributed by atoms with Gasteiger partial charge in [0.15, 0.2) is 0 Å². The van der Waals surface area contributed by atoms with Crippen molar-refractivity contribution in [2.45, 2.75) is 66.2 Å². The molecule has 3 aromatic rings. The van der Waals surface area contributed by atoms with E-state index in [1.54, 1.807) is 0 Å². The molecule has 146 valence electrons. The Morgan fingerprint density at radius 2 is 0.750 bits per heavy atom. The Balaban J connectivity index is 1.74. The van der Waals surface area contributed by atoms with Crippen LogP contribution in [-0.2, 0) is 38.5 Å². The first kappa shape index (κ1) is 20.4. The molecule has 0 spiro atoms. The minimum atomic E-state index is 1.03. The van der Waals surface area contributed by atoms with Gasteiger partial charge in [0.1, 0.15) is 0 Å². The SMILES string of the molecule is CCc1ccc(Cc2ccc(Cc3ccc(CC)cc3CC)cc2)c(CC)c1. The quantitative estimate of drug-likeness (QED) is 0.396. The van der Waals surface area contributed by atoms with Gasteiger partial charge < -0.3 is 0 Å². The van der Waals surface area contributed by atoms with Crippen LogP contribution in [0.15, 0.2) is 60.7 Å². The first-order chi connectivity index (χ1) is 13.7. The van der Waals surface area contributed by atoms with E-state index >= 15 is 0 Å². The second kappa shape index (κ2) is 9.73. The first-order valence-electron chi connectivity index (χ1n) is 11.0. The molecule has 0 nitrogen and oxygen atoms in total. The lowest BCUT2D eigenvalue weighted by atomic mass is 9.93. The Morgan fingerprint density at radius 3 is 1.07 bits per heavy atom. The molecule has 0 fully saturated rings. The van der Waals surface area contributed by atoms with Crippen molar-refractivity contribution >= 4 is 0 Å². The highest BCUT2D eigenvalue weighted by Gasteiger charge is 2.06. The summed E-state index contributed by atoms with van der Waals surface area (Å²) in [4.78, 5) is 0. The summed E-state index contributed by atoms with van der Waals surface area (Å²) in [5.74, 6) is 0. The minimum Gasteiger partial charge on any atom is -0.0613 e. The van der Waals surface area contributed by atoms with Crippen molar-refractivity contribution in [3.63, 3.8) is 0 Å². The molecule has 0 amide bonds. The summed E-state index contributed by atoms with van der Waals surface area (Å²) in [7, 11) is 0. The fraction of sp³-hybridized carbons (Fsp3) is 0.357. The summed E-state index contributed by atoms with van der Waals surface area (Å²) in [6.07, 6.45) is 6.49. The molecule has 0 heterocycles. The van der Waals surface area contributed by atoms with E-state index in [1.807, 2.05) is 0 Å². The van der Waals surface area contributed by atoms with Gasteiger partial charge >= 0.3 is 0 Å². The molecule has 0 atom stereocenters. The summed E-state index contributed by atoms with van der Waals surface area (Å²) in [5.41, 5.74) is 11.6. The molecular weight excluding hydrogens is 336 g/mol. The van der Waals surface area contributed by atoms with Gasteiger partial charge in [-0.3, -0.25) is 0 Å². The molecule has 3 aromatic carbocycles. The molecule has 28 heavy (non-hydrogen) atoms. The summed E-state index contributed by atoms with van der Waals surface area (Å²) < 4.78 is 0.